The van der Waals surface area contributed by atoms with E-state index in [2.05, 4.69) is 69.1 Å². The number of methoxy groups -OCH3 is 1. The van der Waals surface area contributed by atoms with E-state index < -0.39 is 0 Å². The number of pyridine rings is 1. The smallest absolute Gasteiger partial charge is 0.137 e. The number of ether oxygens (including phenoxy) is 1. The van der Waals surface area contributed by atoms with Crippen molar-refractivity contribution in [3.05, 3.63) is 72.3 Å². The van der Waals surface area contributed by atoms with Crippen LogP contribution in [0, 0.1) is 0 Å². The molecule has 160 valence electrons. The fourth-order valence-corrected chi connectivity index (χ4v) is 4.39. The average molecular weight is 417 g/mol. The largest absolute Gasteiger partial charge is 0.497 e. The number of piperazine rings is 1. The Morgan fingerprint density at radius 3 is 2.61 bits per heavy atom. The summed E-state index contributed by atoms with van der Waals surface area (Å²) in [5, 5.41) is 4.31. The van der Waals surface area contributed by atoms with Gasteiger partial charge in [0.2, 0.25) is 0 Å². The summed E-state index contributed by atoms with van der Waals surface area (Å²) in [6, 6.07) is 14.7. The van der Waals surface area contributed by atoms with Crippen molar-refractivity contribution in [1.29, 1.82) is 0 Å². The number of likely N-dealkylation sites (N-methyl/N-ethyl adjacent to an activating group) is 1. The van der Waals surface area contributed by atoms with Gasteiger partial charge >= 0.3 is 0 Å². The maximum Gasteiger partial charge on any atom is 0.137 e. The van der Waals surface area contributed by atoms with E-state index in [1.165, 1.54) is 5.56 Å². The summed E-state index contributed by atoms with van der Waals surface area (Å²) in [4.78, 5) is 9.91. The first-order valence-electron chi connectivity index (χ1n) is 10.6. The third-order valence-corrected chi connectivity index (χ3v) is 6.13. The normalized spacial score (nSPS) is 18.0. The van der Waals surface area contributed by atoms with Gasteiger partial charge in [-0.25, -0.2) is 4.98 Å². The minimum atomic E-state index is 0.258. The van der Waals surface area contributed by atoms with Crippen molar-refractivity contribution in [3.63, 3.8) is 0 Å². The first-order valence-corrected chi connectivity index (χ1v) is 10.6. The zero-order valence-electron chi connectivity index (χ0n) is 18.3. The lowest BCUT2D eigenvalue weighted by molar-refractivity contribution is 0.0885. The number of imidazole rings is 1. The Labute approximate surface area is 182 Å². The lowest BCUT2D eigenvalue weighted by Gasteiger charge is -2.38. The molecule has 0 spiro atoms. The Bertz CT molecular complexity index is 1180. The monoisotopic (exact) mass is 416 g/mol. The van der Waals surface area contributed by atoms with Crippen LogP contribution in [0.2, 0.25) is 0 Å². The quantitative estimate of drug-likeness (QED) is 0.500. The highest BCUT2D eigenvalue weighted by Crippen LogP contribution is 2.28. The first kappa shape index (κ1) is 19.8. The lowest BCUT2D eigenvalue weighted by Crippen LogP contribution is -2.46. The molecule has 0 unspecified atom stereocenters. The molecule has 0 bridgehead atoms. The van der Waals surface area contributed by atoms with E-state index in [9.17, 15) is 0 Å². The van der Waals surface area contributed by atoms with Gasteiger partial charge in [0.05, 0.1) is 30.7 Å². The van der Waals surface area contributed by atoms with Gasteiger partial charge in [0.1, 0.15) is 11.4 Å². The molecule has 7 nitrogen and oxygen atoms in total. The molecule has 3 aromatic heterocycles. The minimum Gasteiger partial charge on any atom is -0.497 e. The van der Waals surface area contributed by atoms with Gasteiger partial charge < -0.3 is 4.74 Å². The molecule has 0 amide bonds. The van der Waals surface area contributed by atoms with Crippen LogP contribution in [0.15, 0.2) is 61.1 Å². The molecular weight excluding hydrogens is 388 g/mol. The van der Waals surface area contributed by atoms with Crippen molar-refractivity contribution in [2.45, 2.75) is 12.6 Å². The van der Waals surface area contributed by atoms with Crippen molar-refractivity contribution >= 4 is 5.65 Å². The zero-order valence-corrected chi connectivity index (χ0v) is 18.3. The number of fused-ring (bicyclic) bond motifs is 1. The maximum absolute atomic E-state index is 5.31. The summed E-state index contributed by atoms with van der Waals surface area (Å²) in [5.74, 6) is 0.861. The van der Waals surface area contributed by atoms with Gasteiger partial charge in [-0.05, 0) is 49.0 Å². The van der Waals surface area contributed by atoms with Crippen LogP contribution in [0.5, 0.6) is 5.75 Å². The second-order valence-electron chi connectivity index (χ2n) is 8.29. The van der Waals surface area contributed by atoms with Crippen LogP contribution in [0.4, 0.5) is 0 Å². The Kier molecular flexibility index (Phi) is 5.21. The lowest BCUT2D eigenvalue weighted by atomic mass is 10.1. The van der Waals surface area contributed by atoms with Crippen LogP contribution < -0.4 is 4.74 Å². The summed E-state index contributed by atoms with van der Waals surface area (Å²) in [6.45, 7) is 3.94. The molecule has 1 aliphatic heterocycles. The number of nitrogens with zero attached hydrogens (tertiary/aromatic N) is 6. The maximum atomic E-state index is 5.31. The number of rotatable bonds is 5. The highest BCUT2D eigenvalue weighted by Gasteiger charge is 2.28. The molecule has 4 aromatic rings. The third kappa shape index (κ3) is 3.94. The molecule has 0 aliphatic carbocycles. The first-order chi connectivity index (χ1) is 15.1. The van der Waals surface area contributed by atoms with E-state index in [1.54, 1.807) is 7.11 Å². The fourth-order valence-electron chi connectivity index (χ4n) is 4.39. The van der Waals surface area contributed by atoms with E-state index in [1.807, 2.05) is 30.1 Å². The average Bonchev–Trinajstić information content (AvgIpc) is 3.41. The SMILES string of the molecule is COc1ccc(-c2cccc3nc([C@H]4CN(Cc5cnn(C)c5)CCN4C)cn23)cc1. The Morgan fingerprint density at radius 1 is 1.03 bits per heavy atom. The second kappa shape index (κ2) is 8.17. The Hall–Kier alpha value is -3.16. The predicted molar refractivity (Wildman–Crippen MR) is 121 cm³/mol. The van der Waals surface area contributed by atoms with Crippen molar-refractivity contribution in [2.75, 3.05) is 33.8 Å². The zero-order chi connectivity index (χ0) is 21.4. The van der Waals surface area contributed by atoms with Gasteiger partial charge in [0.15, 0.2) is 0 Å². The van der Waals surface area contributed by atoms with E-state index >= 15 is 0 Å². The molecule has 5 rings (SSSR count). The molecule has 1 atom stereocenters. The summed E-state index contributed by atoms with van der Waals surface area (Å²) in [6.07, 6.45) is 6.25. The van der Waals surface area contributed by atoms with Crippen molar-refractivity contribution in [2.24, 2.45) is 7.05 Å². The molecule has 7 heteroatoms. The van der Waals surface area contributed by atoms with Gasteiger partial charge in [0.25, 0.3) is 0 Å². The van der Waals surface area contributed by atoms with Crippen LogP contribution in [0.25, 0.3) is 16.9 Å². The minimum absolute atomic E-state index is 0.258. The van der Waals surface area contributed by atoms with E-state index in [0.29, 0.717) is 0 Å². The van der Waals surface area contributed by atoms with Gasteiger partial charge in [-0.2, -0.15) is 5.10 Å². The number of benzene rings is 1. The molecule has 0 saturated carbocycles. The molecule has 4 heterocycles. The van der Waals surface area contributed by atoms with Crippen LogP contribution >= 0.6 is 0 Å². The summed E-state index contributed by atoms with van der Waals surface area (Å²) >= 11 is 0. The van der Waals surface area contributed by atoms with E-state index in [-0.39, 0.29) is 6.04 Å². The van der Waals surface area contributed by atoms with Gasteiger partial charge in [-0.1, -0.05) is 6.07 Å². The molecule has 0 radical (unpaired) electrons. The highest BCUT2D eigenvalue weighted by molar-refractivity contribution is 5.64. The topological polar surface area (TPSA) is 50.8 Å². The Balaban J connectivity index is 1.43. The third-order valence-electron chi connectivity index (χ3n) is 6.13. The van der Waals surface area contributed by atoms with Crippen LogP contribution in [0.3, 0.4) is 0 Å². The fraction of sp³-hybridized carbons (Fsp3) is 0.333. The van der Waals surface area contributed by atoms with Gasteiger partial charge in [0, 0.05) is 51.2 Å². The summed E-state index contributed by atoms with van der Waals surface area (Å²) < 4.78 is 9.37. The van der Waals surface area contributed by atoms with E-state index in [0.717, 1.165) is 54.5 Å². The summed E-state index contributed by atoms with van der Waals surface area (Å²) in [5.41, 5.74) is 5.61. The standard InChI is InChI=1S/C24H28N6O/c1-27-11-12-29(15-18-13-25-28(2)14-18)17-23(27)21-16-30-22(5-4-6-24(30)26-21)19-7-9-20(31-3)10-8-19/h4-10,13-14,16,23H,11-12,15,17H2,1-3H3/t23-/m1/s1. The second-order valence-corrected chi connectivity index (χ2v) is 8.29. The Morgan fingerprint density at radius 2 is 1.87 bits per heavy atom. The van der Waals surface area contributed by atoms with Crippen LogP contribution in [0.1, 0.15) is 17.3 Å². The summed E-state index contributed by atoms with van der Waals surface area (Å²) in [7, 11) is 5.85. The van der Waals surface area contributed by atoms with Crippen LogP contribution in [-0.2, 0) is 13.6 Å². The number of aromatic nitrogens is 4. The number of hydrogen-bond donors (Lipinski definition) is 0. The van der Waals surface area contributed by atoms with Crippen LogP contribution in [-0.4, -0.2) is 62.8 Å². The number of aryl methyl sites for hydroxylation is 1. The van der Waals surface area contributed by atoms with Gasteiger partial charge in [-0.15, -0.1) is 0 Å². The molecule has 1 fully saturated rings. The molecular formula is C24H28N6O. The molecule has 1 saturated heterocycles. The van der Waals surface area contributed by atoms with Crippen molar-refractivity contribution in [1.82, 2.24) is 29.0 Å². The van der Waals surface area contributed by atoms with Gasteiger partial charge in [-0.3, -0.25) is 18.9 Å². The van der Waals surface area contributed by atoms with Crippen molar-refractivity contribution in [3.8, 4) is 17.0 Å². The molecule has 0 N–H and O–H groups in total. The highest BCUT2D eigenvalue weighted by atomic mass is 16.5. The molecule has 1 aromatic carbocycles. The van der Waals surface area contributed by atoms with E-state index in [4.69, 9.17) is 9.72 Å². The molecule has 31 heavy (non-hydrogen) atoms. The van der Waals surface area contributed by atoms with Crippen molar-refractivity contribution < 1.29 is 4.74 Å². The predicted octanol–water partition coefficient (Wildman–Crippen LogP) is 3.23. The molecule has 1 aliphatic rings. The number of hydrogen-bond acceptors (Lipinski definition) is 5.